The number of hydrogen-bond acceptors (Lipinski definition) is 4. The zero-order chi connectivity index (χ0) is 12.7. The van der Waals surface area contributed by atoms with Gasteiger partial charge in [-0.2, -0.15) is 0 Å². The summed E-state index contributed by atoms with van der Waals surface area (Å²) in [7, 11) is 0. The van der Waals surface area contributed by atoms with Crippen LogP contribution >= 0.6 is 0 Å². The summed E-state index contributed by atoms with van der Waals surface area (Å²) in [6.07, 6.45) is 2.51. The molecular formula is C12H16N2O3. The van der Waals surface area contributed by atoms with Gasteiger partial charge in [-0.1, -0.05) is 0 Å². The Balaban J connectivity index is 2.53. The van der Waals surface area contributed by atoms with E-state index in [9.17, 15) is 9.59 Å². The normalized spacial score (nSPS) is 9.76. The number of carbonyl (C=O) groups is 2. The van der Waals surface area contributed by atoms with Crippen molar-refractivity contribution in [3.8, 4) is 0 Å². The van der Waals surface area contributed by atoms with E-state index in [1.54, 1.807) is 19.2 Å². The Bertz CT molecular complexity index is 404. The van der Waals surface area contributed by atoms with Crippen molar-refractivity contribution in [1.29, 1.82) is 0 Å². The van der Waals surface area contributed by atoms with Gasteiger partial charge in [0, 0.05) is 19.5 Å². The molecule has 0 fully saturated rings. The Morgan fingerprint density at radius 3 is 2.88 bits per heavy atom. The number of aryl methyl sites for hydroxylation is 1. The van der Waals surface area contributed by atoms with Gasteiger partial charge in [0.15, 0.2) is 0 Å². The number of nitrogens with one attached hydrogen (secondary N) is 1. The first-order valence-electron chi connectivity index (χ1n) is 5.50. The summed E-state index contributed by atoms with van der Waals surface area (Å²) >= 11 is 0. The van der Waals surface area contributed by atoms with Gasteiger partial charge in [-0.15, -0.1) is 0 Å². The van der Waals surface area contributed by atoms with E-state index in [1.165, 1.54) is 6.92 Å². The van der Waals surface area contributed by atoms with Crippen LogP contribution in [0.2, 0.25) is 0 Å². The molecule has 0 bridgehead atoms. The van der Waals surface area contributed by atoms with Crippen molar-refractivity contribution in [3.63, 3.8) is 0 Å². The average Bonchev–Trinajstić information content (AvgIpc) is 2.26. The van der Waals surface area contributed by atoms with Gasteiger partial charge < -0.3 is 10.1 Å². The van der Waals surface area contributed by atoms with Crippen LogP contribution in [0.15, 0.2) is 18.3 Å². The van der Waals surface area contributed by atoms with Crippen molar-refractivity contribution in [3.05, 3.63) is 23.9 Å². The lowest BCUT2D eigenvalue weighted by Crippen LogP contribution is -2.08. The molecule has 1 aromatic heterocycles. The summed E-state index contributed by atoms with van der Waals surface area (Å²) in [6, 6.07) is 3.56. The fourth-order valence-electron chi connectivity index (χ4n) is 1.36. The van der Waals surface area contributed by atoms with Crippen LogP contribution in [-0.2, 0) is 20.7 Å². The highest BCUT2D eigenvalue weighted by molar-refractivity contribution is 5.87. The van der Waals surface area contributed by atoms with Crippen LogP contribution in [0.3, 0.4) is 0 Å². The molecule has 0 spiro atoms. The maximum atomic E-state index is 11.2. The fourth-order valence-corrected chi connectivity index (χ4v) is 1.36. The van der Waals surface area contributed by atoms with Gasteiger partial charge in [0.25, 0.3) is 0 Å². The molecule has 1 N–H and O–H groups in total. The van der Waals surface area contributed by atoms with E-state index < -0.39 is 0 Å². The number of rotatable bonds is 5. The van der Waals surface area contributed by atoms with Crippen LogP contribution < -0.4 is 5.32 Å². The lowest BCUT2D eigenvalue weighted by Gasteiger charge is -2.04. The molecule has 5 nitrogen and oxygen atoms in total. The van der Waals surface area contributed by atoms with Gasteiger partial charge in [-0.3, -0.25) is 9.59 Å². The van der Waals surface area contributed by atoms with Crippen LogP contribution in [0.5, 0.6) is 0 Å². The summed E-state index contributed by atoms with van der Waals surface area (Å²) in [5.41, 5.74) is 0.941. The molecule has 1 amide bonds. The lowest BCUT2D eigenvalue weighted by molar-refractivity contribution is -0.143. The maximum Gasteiger partial charge on any atom is 0.306 e. The molecule has 0 atom stereocenters. The number of ether oxygens (including phenoxy) is 1. The van der Waals surface area contributed by atoms with Gasteiger partial charge in [0.05, 0.1) is 6.61 Å². The lowest BCUT2D eigenvalue weighted by atomic mass is 10.1. The van der Waals surface area contributed by atoms with Crippen LogP contribution in [0.4, 0.5) is 5.82 Å². The monoisotopic (exact) mass is 236 g/mol. The van der Waals surface area contributed by atoms with E-state index >= 15 is 0 Å². The van der Waals surface area contributed by atoms with E-state index in [0.717, 1.165) is 5.56 Å². The van der Waals surface area contributed by atoms with Crippen LogP contribution in [0, 0.1) is 0 Å². The first-order valence-corrected chi connectivity index (χ1v) is 5.50. The first-order chi connectivity index (χ1) is 8.11. The molecule has 0 aromatic carbocycles. The number of pyridine rings is 1. The SMILES string of the molecule is CCOC(=O)CCc1ccnc(NC(C)=O)c1. The number of nitrogens with zero attached hydrogens (tertiary/aromatic N) is 1. The molecule has 0 saturated carbocycles. The fraction of sp³-hybridized carbons (Fsp3) is 0.417. The molecule has 92 valence electrons. The molecule has 0 radical (unpaired) electrons. The summed E-state index contributed by atoms with van der Waals surface area (Å²) in [6.45, 7) is 3.60. The van der Waals surface area contributed by atoms with E-state index in [0.29, 0.717) is 25.3 Å². The largest absolute Gasteiger partial charge is 0.466 e. The minimum atomic E-state index is -0.217. The van der Waals surface area contributed by atoms with Crippen LogP contribution in [-0.4, -0.2) is 23.5 Å². The summed E-state index contributed by atoms with van der Waals surface area (Å²) < 4.78 is 4.83. The molecule has 0 saturated heterocycles. The van der Waals surface area contributed by atoms with E-state index in [-0.39, 0.29) is 11.9 Å². The first kappa shape index (κ1) is 13.2. The summed E-state index contributed by atoms with van der Waals surface area (Å²) in [5, 5.41) is 2.59. The standard InChI is InChI=1S/C12H16N2O3/c1-3-17-12(16)5-4-10-6-7-13-11(8-10)14-9(2)15/h6-8H,3-5H2,1-2H3,(H,13,14,15). The van der Waals surface area contributed by atoms with E-state index in [1.807, 2.05) is 6.07 Å². The van der Waals surface area contributed by atoms with Gasteiger partial charge in [0.2, 0.25) is 5.91 Å². The molecule has 5 heteroatoms. The van der Waals surface area contributed by atoms with Crippen molar-refractivity contribution >= 4 is 17.7 Å². The second-order valence-corrected chi connectivity index (χ2v) is 3.54. The number of anilines is 1. The Hall–Kier alpha value is -1.91. The molecule has 17 heavy (non-hydrogen) atoms. The zero-order valence-corrected chi connectivity index (χ0v) is 10.0. The average molecular weight is 236 g/mol. The van der Waals surface area contributed by atoms with Crippen LogP contribution in [0.25, 0.3) is 0 Å². The number of esters is 1. The van der Waals surface area contributed by atoms with Crippen molar-refractivity contribution in [1.82, 2.24) is 4.98 Å². The Morgan fingerprint density at radius 2 is 2.24 bits per heavy atom. The van der Waals surface area contributed by atoms with Crippen molar-refractivity contribution < 1.29 is 14.3 Å². The second-order valence-electron chi connectivity index (χ2n) is 3.54. The molecule has 0 aliphatic rings. The zero-order valence-electron chi connectivity index (χ0n) is 10.0. The molecule has 1 heterocycles. The maximum absolute atomic E-state index is 11.2. The topological polar surface area (TPSA) is 68.3 Å². The predicted molar refractivity (Wildman–Crippen MR) is 63.5 cm³/mol. The van der Waals surface area contributed by atoms with E-state index in [4.69, 9.17) is 4.74 Å². The number of carbonyl (C=O) groups excluding carboxylic acids is 2. The predicted octanol–water partition coefficient (Wildman–Crippen LogP) is 1.54. The molecular weight excluding hydrogens is 220 g/mol. The Labute approximate surface area is 100 Å². The summed E-state index contributed by atoms with van der Waals surface area (Å²) in [5.74, 6) is 0.115. The highest BCUT2D eigenvalue weighted by Gasteiger charge is 2.04. The van der Waals surface area contributed by atoms with Gasteiger partial charge in [-0.05, 0) is 31.0 Å². The minimum Gasteiger partial charge on any atom is -0.466 e. The summed E-state index contributed by atoms with van der Waals surface area (Å²) in [4.78, 5) is 26.0. The van der Waals surface area contributed by atoms with Gasteiger partial charge in [0.1, 0.15) is 5.82 Å². The van der Waals surface area contributed by atoms with Crippen molar-refractivity contribution in [2.24, 2.45) is 0 Å². The van der Waals surface area contributed by atoms with Crippen molar-refractivity contribution in [2.45, 2.75) is 26.7 Å². The molecule has 0 aliphatic heterocycles. The van der Waals surface area contributed by atoms with Crippen molar-refractivity contribution in [2.75, 3.05) is 11.9 Å². The highest BCUT2D eigenvalue weighted by Crippen LogP contribution is 2.09. The molecule has 0 unspecified atom stereocenters. The van der Waals surface area contributed by atoms with Gasteiger partial charge in [-0.25, -0.2) is 4.98 Å². The smallest absolute Gasteiger partial charge is 0.306 e. The third kappa shape index (κ3) is 5.10. The highest BCUT2D eigenvalue weighted by atomic mass is 16.5. The molecule has 1 aromatic rings. The third-order valence-corrected chi connectivity index (χ3v) is 2.05. The third-order valence-electron chi connectivity index (χ3n) is 2.05. The quantitative estimate of drug-likeness (QED) is 0.787. The number of hydrogen-bond donors (Lipinski definition) is 1. The number of aromatic nitrogens is 1. The molecule has 0 aliphatic carbocycles. The Morgan fingerprint density at radius 1 is 1.47 bits per heavy atom. The van der Waals surface area contributed by atoms with Gasteiger partial charge >= 0.3 is 5.97 Å². The number of amides is 1. The molecule has 1 rings (SSSR count). The van der Waals surface area contributed by atoms with E-state index in [2.05, 4.69) is 10.3 Å². The second kappa shape index (κ2) is 6.62. The van der Waals surface area contributed by atoms with Crippen LogP contribution in [0.1, 0.15) is 25.8 Å². The minimum absolute atomic E-state index is 0.167. The Kier molecular flexibility index (Phi) is 5.13.